The molecule has 174 valence electrons. The number of thiophene rings is 1. The molecule has 1 amide bonds. The van der Waals surface area contributed by atoms with Crippen LogP contribution in [0.15, 0.2) is 70.5 Å². The number of aryl methyl sites for hydroxylation is 2. The second-order valence-electron chi connectivity index (χ2n) is 7.83. The molecule has 2 aromatic heterocycles. The Kier molecular flexibility index (Phi) is 7.19. The largest absolute Gasteiger partial charge is 0.495 e. The van der Waals surface area contributed by atoms with Crippen LogP contribution in [-0.4, -0.2) is 28.3 Å². The molecule has 2 aromatic carbocycles. The van der Waals surface area contributed by atoms with Gasteiger partial charge in [-0.25, -0.2) is 4.98 Å². The number of carbonyl (C=O) groups is 1. The molecule has 0 fully saturated rings. The van der Waals surface area contributed by atoms with Crippen molar-refractivity contribution in [2.75, 3.05) is 18.2 Å². The summed E-state index contributed by atoms with van der Waals surface area (Å²) in [7, 11) is 1.56. The molecule has 4 aromatic rings. The molecule has 8 heteroatoms. The Hall–Kier alpha value is -3.36. The minimum atomic E-state index is -0.208. The summed E-state index contributed by atoms with van der Waals surface area (Å²) in [5.41, 5.74) is 4.50. The lowest BCUT2D eigenvalue weighted by atomic mass is 10.1. The number of nitrogens with zero attached hydrogens (tertiary/aromatic N) is 2. The van der Waals surface area contributed by atoms with Crippen molar-refractivity contribution in [3.63, 3.8) is 0 Å². The Bertz CT molecular complexity index is 1420. The van der Waals surface area contributed by atoms with Crippen molar-refractivity contribution in [3.8, 4) is 16.9 Å². The van der Waals surface area contributed by atoms with E-state index in [-0.39, 0.29) is 17.2 Å². The molecule has 0 unspecified atom stereocenters. The van der Waals surface area contributed by atoms with E-state index >= 15 is 0 Å². The maximum atomic E-state index is 13.5. The number of amides is 1. The zero-order valence-corrected chi connectivity index (χ0v) is 20.9. The minimum absolute atomic E-state index is 0.0996. The van der Waals surface area contributed by atoms with Crippen LogP contribution in [0.1, 0.15) is 11.1 Å². The molecular weight excluding hydrogens is 466 g/mol. The van der Waals surface area contributed by atoms with Gasteiger partial charge in [0.05, 0.1) is 23.9 Å². The number of anilines is 1. The van der Waals surface area contributed by atoms with Crippen LogP contribution in [-0.2, 0) is 11.3 Å². The van der Waals surface area contributed by atoms with Crippen LogP contribution >= 0.6 is 23.1 Å². The standard InChI is InChI=1S/C26H25N3O3S2/c1-5-12-29-25(31)23-19(18-9-6-16(2)7-10-18)14-33-24(23)28-26(29)34-15-22(30)27-20-13-17(3)8-11-21(20)32-4/h5-11,13-14H,1,12,15H2,2-4H3,(H,27,30). The fourth-order valence-corrected chi connectivity index (χ4v) is 5.38. The number of carbonyl (C=O) groups excluding carboxylic acids is 1. The van der Waals surface area contributed by atoms with E-state index < -0.39 is 0 Å². The van der Waals surface area contributed by atoms with Gasteiger partial charge in [-0.1, -0.05) is 53.7 Å². The lowest BCUT2D eigenvalue weighted by Gasteiger charge is -2.12. The number of nitrogens with one attached hydrogen (secondary N) is 1. The summed E-state index contributed by atoms with van der Waals surface area (Å²) < 4.78 is 6.91. The lowest BCUT2D eigenvalue weighted by molar-refractivity contribution is -0.113. The van der Waals surface area contributed by atoms with E-state index in [2.05, 4.69) is 11.9 Å². The van der Waals surface area contributed by atoms with E-state index in [4.69, 9.17) is 9.72 Å². The Labute approximate surface area is 206 Å². The van der Waals surface area contributed by atoms with Gasteiger partial charge in [-0.15, -0.1) is 17.9 Å². The summed E-state index contributed by atoms with van der Waals surface area (Å²) in [5, 5.41) is 5.93. The van der Waals surface area contributed by atoms with Crippen molar-refractivity contribution >= 4 is 44.9 Å². The normalized spacial score (nSPS) is 10.9. The summed E-state index contributed by atoms with van der Waals surface area (Å²) in [4.78, 5) is 31.5. The molecule has 2 heterocycles. The zero-order chi connectivity index (χ0) is 24.2. The first-order valence-corrected chi connectivity index (χ1v) is 12.5. The zero-order valence-electron chi connectivity index (χ0n) is 19.3. The van der Waals surface area contributed by atoms with Crippen LogP contribution in [0.2, 0.25) is 0 Å². The van der Waals surface area contributed by atoms with Crippen molar-refractivity contribution < 1.29 is 9.53 Å². The van der Waals surface area contributed by atoms with Gasteiger partial charge >= 0.3 is 0 Å². The smallest absolute Gasteiger partial charge is 0.263 e. The maximum Gasteiger partial charge on any atom is 0.263 e. The fraction of sp³-hybridized carbons (Fsp3) is 0.192. The predicted molar refractivity (Wildman–Crippen MR) is 141 cm³/mol. The van der Waals surface area contributed by atoms with E-state index in [1.54, 1.807) is 17.8 Å². The number of methoxy groups -OCH3 is 1. The number of hydrogen-bond acceptors (Lipinski definition) is 6. The molecule has 0 aliphatic heterocycles. The number of aromatic nitrogens is 2. The topological polar surface area (TPSA) is 73.2 Å². The van der Waals surface area contributed by atoms with Gasteiger partial charge in [0.25, 0.3) is 5.56 Å². The SMILES string of the molecule is C=CCn1c(SCC(=O)Nc2cc(C)ccc2OC)nc2scc(-c3ccc(C)cc3)c2c1=O. The summed E-state index contributed by atoms with van der Waals surface area (Å²) in [6.45, 7) is 8.07. The fourth-order valence-electron chi connectivity index (χ4n) is 3.59. The number of fused-ring (bicyclic) bond motifs is 1. The number of thioether (sulfide) groups is 1. The molecule has 1 N–H and O–H groups in total. The van der Waals surface area contributed by atoms with E-state index in [9.17, 15) is 9.59 Å². The van der Waals surface area contributed by atoms with E-state index in [1.165, 1.54) is 23.1 Å². The van der Waals surface area contributed by atoms with Gasteiger partial charge in [-0.05, 0) is 37.1 Å². The molecule has 0 atom stereocenters. The van der Waals surface area contributed by atoms with Gasteiger partial charge < -0.3 is 10.1 Å². The molecule has 6 nitrogen and oxygen atoms in total. The van der Waals surface area contributed by atoms with Crippen LogP contribution in [0.25, 0.3) is 21.3 Å². The minimum Gasteiger partial charge on any atom is -0.495 e. The first-order valence-electron chi connectivity index (χ1n) is 10.7. The van der Waals surface area contributed by atoms with Crippen molar-refractivity contribution in [1.82, 2.24) is 9.55 Å². The van der Waals surface area contributed by atoms with Crippen LogP contribution in [0.4, 0.5) is 5.69 Å². The van der Waals surface area contributed by atoms with Gasteiger partial charge in [0.15, 0.2) is 5.16 Å². The molecular formula is C26H25N3O3S2. The number of hydrogen-bond donors (Lipinski definition) is 1. The van der Waals surface area contributed by atoms with Crippen molar-refractivity contribution in [2.45, 2.75) is 25.5 Å². The molecule has 0 saturated carbocycles. The molecule has 0 aliphatic rings. The lowest BCUT2D eigenvalue weighted by Crippen LogP contribution is -2.23. The molecule has 4 rings (SSSR count). The quantitative estimate of drug-likeness (QED) is 0.195. The Balaban J connectivity index is 1.63. The van der Waals surface area contributed by atoms with Gasteiger partial charge in [0, 0.05) is 17.5 Å². The van der Waals surface area contributed by atoms with E-state index in [1.807, 2.05) is 61.7 Å². The highest BCUT2D eigenvalue weighted by molar-refractivity contribution is 7.99. The van der Waals surface area contributed by atoms with Crippen LogP contribution < -0.4 is 15.6 Å². The molecule has 0 aliphatic carbocycles. The van der Waals surface area contributed by atoms with E-state index in [0.29, 0.717) is 33.4 Å². The first-order chi connectivity index (χ1) is 16.4. The highest BCUT2D eigenvalue weighted by Crippen LogP contribution is 2.32. The molecule has 0 radical (unpaired) electrons. The van der Waals surface area contributed by atoms with Gasteiger partial charge in [0.1, 0.15) is 10.6 Å². The number of ether oxygens (including phenoxy) is 1. The second kappa shape index (κ2) is 10.3. The monoisotopic (exact) mass is 491 g/mol. The average Bonchev–Trinajstić information content (AvgIpc) is 3.24. The average molecular weight is 492 g/mol. The van der Waals surface area contributed by atoms with Crippen LogP contribution in [0.5, 0.6) is 5.75 Å². The third-order valence-electron chi connectivity index (χ3n) is 5.29. The first kappa shape index (κ1) is 23.8. The highest BCUT2D eigenvalue weighted by atomic mass is 32.2. The van der Waals surface area contributed by atoms with Gasteiger partial charge in [-0.3, -0.25) is 14.2 Å². The highest BCUT2D eigenvalue weighted by Gasteiger charge is 2.18. The second-order valence-corrected chi connectivity index (χ2v) is 9.64. The Morgan fingerprint density at radius 2 is 1.94 bits per heavy atom. The molecule has 34 heavy (non-hydrogen) atoms. The Morgan fingerprint density at radius 1 is 1.21 bits per heavy atom. The van der Waals surface area contributed by atoms with Gasteiger partial charge in [0.2, 0.25) is 5.91 Å². The van der Waals surface area contributed by atoms with Gasteiger partial charge in [-0.2, -0.15) is 0 Å². The predicted octanol–water partition coefficient (Wildman–Crippen LogP) is 5.67. The molecule has 0 spiro atoms. The summed E-state index contributed by atoms with van der Waals surface area (Å²) in [5.74, 6) is 0.483. The number of allylic oxidation sites excluding steroid dienone is 1. The maximum absolute atomic E-state index is 13.5. The van der Waals surface area contributed by atoms with Crippen molar-refractivity contribution in [2.24, 2.45) is 0 Å². The van der Waals surface area contributed by atoms with E-state index in [0.717, 1.165) is 22.3 Å². The van der Waals surface area contributed by atoms with Crippen molar-refractivity contribution in [3.05, 3.63) is 82.0 Å². The summed E-state index contributed by atoms with van der Waals surface area (Å²) >= 11 is 2.66. The van der Waals surface area contributed by atoms with Crippen molar-refractivity contribution in [1.29, 1.82) is 0 Å². The molecule has 0 bridgehead atoms. The number of rotatable bonds is 8. The van der Waals surface area contributed by atoms with Crippen LogP contribution in [0.3, 0.4) is 0 Å². The van der Waals surface area contributed by atoms with Crippen LogP contribution in [0, 0.1) is 13.8 Å². The third-order valence-corrected chi connectivity index (χ3v) is 7.14. The summed E-state index contributed by atoms with van der Waals surface area (Å²) in [6.07, 6.45) is 1.66. The Morgan fingerprint density at radius 3 is 2.65 bits per heavy atom. The molecule has 0 saturated heterocycles. The third kappa shape index (κ3) is 4.93. The number of benzene rings is 2. The summed E-state index contributed by atoms with van der Waals surface area (Å²) in [6, 6.07) is 13.7.